The van der Waals surface area contributed by atoms with Gasteiger partial charge in [-0.3, -0.25) is 9.78 Å². The Labute approximate surface area is 157 Å². The summed E-state index contributed by atoms with van der Waals surface area (Å²) < 4.78 is 10.5. The lowest BCUT2D eigenvalue weighted by Crippen LogP contribution is -2.26. The molecule has 0 unspecified atom stereocenters. The molecule has 0 saturated heterocycles. The van der Waals surface area contributed by atoms with Gasteiger partial charge in [0.15, 0.2) is 5.84 Å². The van der Waals surface area contributed by atoms with E-state index in [1.54, 1.807) is 49.7 Å². The summed E-state index contributed by atoms with van der Waals surface area (Å²) in [5.74, 6) is 0.804. The number of rotatable bonds is 8. The number of pyridine rings is 2. The summed E-state index contributed by atoms with van der Waals surface area (Å²) in [5.41, 5.74) is 1.41. The number of aromatic nitrogens is 2. The Morgan fingerprint density at radius 2 is 2.15 bits per heavy atom. The van der Waals surface area contributed by atoms with Gasteiger partial charge in [0.25, 0.3) is 5.91 Å². The number of methoxy groups -OCH3 is 1. The summed E-state index contributed by atoms with van der Waals surface area (Å²) in [7, 11) is 1.54. The van der Waals surface area contributed by atoms with Crippen LogP contribution < -0.4 is 10.1 Å². The number of nitrogens with one attached hydrogen (secondary N) is 1. The smallest absolute Gasteiger partial charge is 0.251 e. The van der Waals surface area contributed by atoms with Gasteiger partial charge in [0.1, 0.15) is 18.1 Å². The van der Waals surface area contributed by atoms with Crippen LogP contribution in [0.4, 0.5) is 0 Å². The molecule has 8 nitrogen and oxygen atoms in total. The Bertz CT molecular complexity index is 834. The first kappa shape index (κ1) is 19.9. The molecule has 140 valence electrons. The summed E-state index contributed by atoms with van der Waals surface area (Å²) in [5, 5.41) is 2.67. The number of carbonyl (C=O) groups is 1. The molecule has 8 heteroatoms. The van der Waals surface area contributed by atoms with Crippen molar-refractivity contribution in [3.8, 4) is 5.88 Å². The lowest BCUT2D eigenvalue weighted by molar-refractivity contribution is -0.125. The zero-order valence-electron chi connectivity index (χ0n) is 15.3. The van der Waals surface area contributed by atoms with Gasteiger partial charge in [0.05, 0.1) is 13.7 Å². The highest BCUT2D eigenvalue weighted by molar-refractivity contribution is 6.00. The van der Waals surface area contributed by atoms with E-state index in [4.69, 9.17) is 9.47 Å². The number of ether oxygens (including phenoxy) is 2. The van der Waals surface area contributed by atoms with Crippen molar-refractivity contribution in [3.63, 3.8) is 0 Å². The first-order valence-electron chi connectivity index (χ1n) is 8.16. The molecule has 1 N–H and O–H groups in total. The third-order valence-corrected chi connectivity index (χ3v) is 3.32. The molecule has 27 heavy (non-hydrogen) atoms. The van der Waals surface area contributed by atoms with Crippen molar-refractivity contribution in [1.82, 2.24) is 15.3 Å². The topological polar surface area (TPSA) is 98.1 Å². The Morgan fingerprint density at radius 3 is 2.81 bits per heavy atom. The first-order chi connectivity index (χ1) is 13.2. The van der Waals surface area contributed by atoms with Gasteiger partial charge in [-0.2, -0.15) is 0 Å². The number of allylic oxidation sites excluding steroid dienone is 1. The number of hydrogen-bond donors (Lipinski definition) is 1. The second-order valence-electron chi connectivity index (χ2n) is 5.23. The largest absolute Gasteiger partial charge is 0.481 e. The Hall–Kier alpha value is -3.39. The van der Waals surface area contributed by atoms with Crippen LogP contribution in [0.1, 0.15) is 18.2 Å². The highest BCUT2D eigenvalue weighted by atomic mass is 16.5. The highest BCUT2D eigenvalue weighted by Crippen LogP contribution is 2.09. The van der Waals surface area contributed by atoms with Crippen LogP contribution in [0.2, 0.25) is 0 Å². The molecule has 0 spiro atoms. The van der Waals surface area contributed by atoms with Gasteiger partial charge >= 0.3 is 0 Å². The molecular formula is C19H21N5O3. The van der Waals surface area contributed by atoms with Gasteiger partial charge in [-0.05, 0) is 43.5 Å². The molecule has 0 aliphatic heterocycles. The lowest BCUT2D eigenvalue weighted by atomic mass is 10.3. The predicted octanol–water partition coefficient (Wildman–Crippen LogP) is 2.13. The van der Waals surface area contributed by atoms with E-state index >= 15 is 0 Å². The molecule has 0 saturated carbocycles. The molecule has 0 aliphatic carbocycles. The number of nitrogens with zero attached hydrogens (tertiary/aromatic N) is 4. The standard InChI is InChI=1S/C19H21N5O3/c1-4-16(24-19(20-2)15-7-5-6-9-21-15)23-17(25)13-27-12-14-8-10-22-18(11-14)26-3/h4-11H,2,12-13H2,1,3H3,(H,23,25)/b16-4-,24-19?. The van der Waals surface area contributed by atoms with Gasteiger partial charge < -0.3 is 14.8 Å². The Balaban J connectivity index is 1.91. The van der Waals surface area contributed by atoms with E-state index in [1.165, 1.54) is 7.11 Å². The molecule has 2 aromatic heterocycles. The van der Waals surface area contributed by atoms with Crippen LogP contribution in [0.15, 0.2) is 64.6 Å². The average molecular weight is 367 g/mol. The zero-order chi connectivity index (χ0) is 19.5. The monoisotopic (exact) mass is 367 g/mol. The number of hydrogen-bond acceptors (Lipinski definition) is 6. The van der Waals surface area contributed by atoms with Crippen LogP contribution in [0, 0.1) is 0 Å². The van der Waals surface area contributed by atoms with E-state index in [2.05, 4.69) is 32.0 Å². The maximum atomic E-state index is 12.1. The summed E-state index contributed by atoms with van der Waals surface area (Å²) in [6, 6.07) is 8.90. The van der Waals surface area contributed by atoms with Gasteiger partial charge in [-0.15, -0.1) is 0 Å². The molecule has 0 aliphatic rings. The third-order valence-electron chi connectivity index (χ3n) is 3.32. The first-order valence-corrected chi connectivity index (χ1v) is 8.16. The number of aliphatic imine (C=N–C) groups is 2. The second-order valence-corrected chi connectivity index (χ2v) is 5.23. The molecule has 0 atom stereocenters. The van der Waals surface area contributed by atoms with Crippen LogP contribution in [-0.4, -0.2) is 42.1 Å². The molecule has 2 aromatic rings. The Kier molecular flexibility index (Phi) is 7.80. The van der Waals surface area contributed by atoms with Crippen molar-refractivity contribution in [2.45, 2.75) is 13.5 Å². The average Bonchev–Trinajstić information content (AvgIpc) is 2.71. The summed E-state index contributed by atoms with van der Waals surface area (Å²) in [6.07, 6.45) is 4.90. The minimum absolute atomic E-state index is 0.127. The van der Waals surface area contributed by atoms with Crippen molar-refractivity contribution in [2.24, 2.45) is 9.98 Å². The Morgan fingerprint density at radius 1 is 1.30 bits per heavy atom. The van der Waals surface area contributed by atoms with E-state index in [-0.39, 0.29) is 19.1 Å². The van der Waals surface area contributed by atoms with Crippen LogP contribution in [0.5, 0.6) is 5.88 Å². The molecule has 1 amide bonds. The quantitative estimate of drug-likeness (QED) is 0.569. The van der Waals surface area contributed by atoms with Crippen LogP contribution in [0.3, 0.4) is 0 Å². The molecule has 0 aromatic carbocycles. The van der Waals surface area contributed by atoms with E-state index in [0.717, 1.165) is 5.56 Å². The maximum Gasteiger partial charge on any atom is 0.251 e. The van der Waals surface area contributed by atoms with E-state index in [0.29, 0.717) is 23.2 Å². The second kappa shape index (κ2) is 10.6. The van der Waals surface area contributed by atoms with E-state index in [9.17, 15) is 4.79 Å². The maximum absolute atomic E-state index is 12.1. The SMILES string of the molecule is C=NC(=N/C(=C\C)NC(=O)COCc1ccnc(OC)c1)c1ccccn1. The third kappa shape index (κ3) is 6.44. The van der Waals surface area contributed by atoms with Crippen molar-refractivity contribution in [2.75, 3.05) is 13.7 Å². The van der Waals surface area contributed by atoms with Gasteiger partial charge in [-0.25, -0.2) is 15.0 Å². The highest BCUT2D eigenvalue weighted by Gasteiger charge is 2.07. The molecule has 0 radical (unpaired) electrons. The summed E-state index contributed by atoms with van der Waals surface area (Å²) >= 11 is 0. The molecular weight excluding hydrogens is 346 g/mol. The normalized spacial score (nSPS) is 11.8. The number of amidine groups is 1. The van der Waals surface area contributed by atoms with Gasteiger partial charge in [0.2, 0.25) is 5.88 Å². The lowest BCUT2D eigenvalue weighted by Gasteiger charge is -2.08. The minimum atomic E-state index is -0.336. The van der Waals surface area contributed by atoms with Crippen molar-refractivity contribution < 1.29 is 14.3 Å². The zero-order valence-corrected chi connectivity index (χ0v) is 15.3. The van der Waals surface area contributed by atoms with Crippen molar-refractivity contribution in [3.05, 3.63) is 65.9 Å². The van der Waals surface area contributed by atoms with Crippen molar-refractivity contribution >= 4 is 18.5 Å². The fourth-order valence-corrected chi connectivity index (χ4v) is 2.04. The summed E-state index contributed by atoms with van der Waals surface area (Å²) in [6.45, 7) is 5.38. The number of amides is 1. The van der Waals surface area contributed by atoms with E-state index < -0.39 is 0 Å². The summed E-state index contributed by atoms with van der Waals surface area (Å²) in [4.78, 5) is 28.4. The van der Waals surface area contributed by atoms with Gasteiger partial charge in [-0.1, -0.05) is 6.07 Å². The van der Waals surface area contributed by atoms with E-state index in [1.807, 2.05) is 6.07 Å². The fraction of sp³-hybridized carbons (Fsp3) is 0.211. The molecule has 2 heterocycles. The van der Waals surface area contributed by atoms with Gasteiger partial charge in [0, 0.05) is 18.5 Å². The van der Waals surface area contributed by atoms with Crippen LogP contribution in [-0.2, 0) is 16.1 Å². The number of carbonyl (C=O) groups excluding carboxylic acids is 1. The predicted molar refractivity (Wildman–Crippen MR) is 103 cm³/mol. The van der Waals surface area contributed by atoms with Crippen LogP contribution >= 0.6 is 0 Å². The fourth-order valence-electron chi connectivity index (χ4n) is 2.04. The molecule has 2 rings (SSSR count). The molecule has 0 bridgehead atoms. The minimum Gasteiger partial charge on any atom is -0.481 e. The van der Waals surface area contributed by atoms with Crippen molar-refractivity contribution in [1.29, 1.82) is 0 Å². The van der Waals surface area contributed by atoms with Crippen LogP contribution in [0.25, 0.3) is 0 Å². The molecule has 0 fully saturated rings.